The first kappa shape index (κ1) is 25.1. The highest BCUT2D eigenvalue weighted by Crippen LogP contribution is 2.36. The van der Waals surface area contributed by atoms with E-state index in [9.17, 15) is 9.59 Å². The summed E-state index contributed by atoms with van der Waals surface area (Å²) in [4.78, 5) is 39.4. The fraction of sp³-hybridized carbons (Fsp3) is 0.423. The second-order valence-corrected chi connectivity index (χ2v) is 11.3. The van der Waals surface area contributed by atoms with Crippen molar-refractivity contribution >= 4 is 55.8 Å². The van der Waals surface area contributed by atoms with Gasteiger partial charge in [-0.3, -0.25) is 14.7 Å². The van der Waals surface area contributed by atoms with Crippen molar-refractivity contribution in [3.8, 4) is 0 Å². The molecule has 37 heavy (non-hydrogen) atoms. The molecule has 4 heterocycles. The molecule has 1 aliphatic heterocycles. The maximum atomic E-state index is 13.5. The van der Waals surface area contributed by atoms with Crippen LogP contribution in [0.2, 0.25) is 0 Å². The number of aromatic amines is 1. The minimum atomic E-state index is -0.712. The van der Waals surface area contributed by atoms with Crippen LogP contribution >= 0.6 is 11.3 Å². The maximum Gasteiger partial charge on any atom is 0.314 e. The number of nitrogens with two attached hydrogens (primary N) is 1. The molecule has 0 bridgehead atoms. The van der Waals surface area contributed by atoms with Crippen LogP contribution < -0.4 is 11.1 Å². The maximum absolute atomic E-state index is 13.5. The van der Waals surface area contributed by atoms with Gasteiger partial charge in [0.05, 0.1) is 50.3 Å². The molecule has 5 rings (SSSR count). The average molecular weight is 521 g/mol. The smallest absolute Gasteiger partial charge is 0.314 e. The number of thiazole rings is 1. The Morgan fingerprint density at radius 1 is 1.30 bits per heavy atom. The number of carbonyl (C=O) groups is 2. The molecule has 0 saturated carbocycles. The summed E-state index contributed by atoms with van der Waals surface area (Å²) in [5.41, 5.74) is 8.73. The highest BCUT2D eigenvalue weighted by molar-refractivity contribution is 7.18. The minimum Gasteiger partial charge on any atom is -0.383 e. The largest absolute Gasteiger partial charge is 0.383 e. The zero-order chi connectivity index (χ0) is 26.3. The van der Waals surface area contributed by atoms with Crippen molar-refractivity contribution in [2.75, 3.05) is 38.2 Å². The van der Waals surface area contributed by atoms with E-state index in [1.165, 1.54) is 6.20 Å². The number of fused-ring (bicyclic) bond motifs is 2. The predicted octanol–water partition coefficient (Wildman–Crippen LogP) is 3.75. The molecule has 4 aromatic rings. The van der Waals surface area contributed by atoms with Crippen LogP contribution in [0.1, 0.15) is 49.2 Å². The van der Waals surface area contributed by atoms with Gasteiger partial charge in [-0.2, -0.15) is 5.10 Å². The number of nitrogens with one attached hydrogen (secondary N) is 2. The number of nitrogens with zero attached hydrogens (tertiary/aromatic N) is 5. The third-order valence-corrected chi connectivity index (χ3v) is 8.18. The van der Waals surface area contributed by atoms with Gasteiger partial charge < -0.3 is 20.9 Å². The Morgan fingerprint density at radius 2 is 2.11 bits per heavy atom. The Morgan fingerprint density at radius 3 is 2.89 bits per heavy atom. The Hall–Kier alpha value is -3.57. The van der Waals surface area contributed by atoms with E-state index in [-0.39, 0.29) is 6.04 Å². The SMILES string of the molecule is CC(CN(C)C)c1nc2cc([C@H]3CC[C@H](C)CN3C(=O)C(=O)Nc3cnc(N)c4cn[nH]c34)ccc2s1. The van der Waals surface area contributed by atoms with E-state index < -0.39 is 11.8 Å². The van der Waals surface area contributed by atoms with Gasteiger partial charge in [-0.1, -0.05) is 19.9 Å². The van der Waals surface area contributed by atoms with Crippen LogP contribution in [0, 0.1) is 5.92 Å². The molecule has 1 aromatic carbocycles. The molecule has 0 radical (unpaired) electrons. The Bertz CT molecular complexity index is 1460. The lowest BCUT2D eigenvalue weighted by Crippen LogP contribution is -2.46. The van der Waals surface area contributed by atoms with Crippen molar-refractivity contribution in [2.24, 2.45) is 5.92 Å². The lowest BCUT2D eigenvalue weighted by molar-refractivity contribution is -0.146. The summed E-state index contributed by atoms with van der Waals surface area (Å²) < 4.78 is 1.13. The first-order valence-corrected chi connectivity index (χ1v) is 13.3. The summed E-state index contributed by atoms with van der Waals surface area (Å²) in [5, 5.41) is 11.2. The Labute approximate surface area is 219 Å². The number of carbonyl (C=O) groups excluding carboxylic acids is 2. The van der Waals surface area contributed by atoms with Crippen molar-refractivity contribution in [3.63, 3.8) is 0 Å². The third-order valence-electron chi connectivity index (χ3n) is 6.91. The molecule has 0 aliphatic carbocycles. The lowest BCUT2D eigenvalue weighted by Gasteiger charge is -2.38. The van der Waals surface area contributed by atoms with Gasteiger partial charge >= 0.3 is 11.8 Å². The standard InChI is InChI=1S/C26H32N8O2S/c1-14-5-7-20(16-6-8-21-18(9-16)31-25(37-21)15(2)13-33(3)4)34(12-14)26(36)24(35)30-19-11-28-23(27)17-10-29-32-22(17)19/h6,8-11,14-15,20H,5,7,12-13H2,1-4H3,(H2,27,28)(H,29,32)(H,30,35)/t14-,15?,20+/m0/s1. The van der Waals surface area contributed by atoms with E-state index in [1.807, 2.05) is 0 Å². The highest BCUT2D eigenvalue weighted by atomic mass is 32.1. The van der Waals surface area contributed by atoms with Gasteiger partial charge in [-0.05, 0) is 50.6 Å². The van der Waals surface area contributed by atoms with Gasteiger partial charge in [0.2, 0.25) is 0 Å². The molecule has 3 atom stereocenters. The number of H-pyrrole nitrogens is 1. The minimum absolute atomic E-state index is 0.195. The van der Waals surface area contributed by atoms with Crippen molar-refractivity contribution < 1.29 is 9.59 Å². The third kappa shape index (κ3) is 5.01. The molecular formula is C26H32N8O2S. The lowest BCUT2D eigenvalue weighted by atomic mass is 9.89. The molecule has 0 spiro atoms. The van der Waals surface area contributed by atoms with E-state index in [0.717, 1.165) is 40.2 Å². The zero-order valence-corrected chi connectivity index (χ0v) is 22.3. The number of benzene rings is 1. The van der Waals surface area contributed by atoms with Crippen molar-refractivity contribution in [2.45, 2.75) is 38.6 Å². The normalized spacial score (nSPS) is 19.0. The number of likely N-dealkylation sites (tertiary alicyclic amines) is 1. The molecular weight excluding hydrogens is 488 g/mol. The summed E-state index contributed by atoms with van der Waals surface area (Å²) in [5.74, 6) is -0.352. The number of aromatic nitrogens is 4. The molecule has 1 unspecified atom stereocenters. The highest BCUT2D eigenvalue weighted by Gasteiger charge is 2.34. The molecule has 2 amide bonds. The van der Waals surface area contributed by atoms with Crippen molar-refractivity contribution in [1.82, 2.24) is 30.0 Å². The first-order chi connectivity index (χ1) is 17.7. The van der Waals surface area contributed by atoms with Gasteiger partial charge in [-0.25, -0.2) is 9.97 Å². The van der Waals surface area contributed by atoms with E-state index >= 15 is 0 Å². The van der Waals surface area contributed by atoms with Gasteiger partial charge in [0, 0.05) is 19.0 Å². The fourth-order valence-electron chi connectivity index (χ4n) is 5.08. The zero-order valence-electron chi connectivity index (χ0n) is 21.5. The monoisotopic (exact) mass is 520 g/mol. The predicted molar refractivity (Wildman–Crippen MR) is 146 cm³/mol. The second kappa shape index (κ2) is 10.1. The van der Waals surface area contributed by atoms with E-state index in [1.54, 1.807) is 22.4 Å². The van der Waals surface area contributed by atoms with Gasteiger partial charge in [0.1, 0.15) is 5.82 Å². The van der Waals surface area contributed by atoms with Gasteiger partial charge in [-0.15, -0.1) is 11.3 Å². The Balaban J connectivity index is 1.39. The van der Waals surface area contributed by atoms with E-state index in [2.05, 4.69) is 71.5 Å². The van der Waals surface area contributed by atoms with Crippen LogP contribution in [0.15, 0.2) is 30.6 Å². The fourth-order valence-corrected chi connectivity index (χ4v) is 6.07. The van der Waals surface area contributed by atoms with Crippen LogP contribution in [0.25, 0.3) is 21.1 Å². The average Bonchev–Trinajstić information content (AvgIpc) is 3.52. The summed E-state index contributed by atoms with van der Waals surface area (Å²) in [7, 11) is 4.13. The molecule has 1 aliphatic rings. The van der Waals surface area contributed by atoms with E-state index in [4.69, 9.17) is 10.7 Å². The first-order valence-electron chi connectivity index (χ1n) is 12.5. The molecule has 4 N–H and O–H groups in total. The number of piperidine rings is 1. The van der Waals surface area contributed by atoms with Gasteiger partial charge in [0.15, 0.2) is 0 Å². The number of likely N-dealkylation sites (N-methyl/N-ethyl adjacent to an activating group) is 1. The molecule has 1 fully saturated rings. The second-order valence-electron chi connectivity index (χ2n) is 10.3. The number of amides is 2. The van der Waals surface area contributed by atoms with Crippen LogP contribution in [0.5, 0.6) is 0 Å². The molecule has 3 aromatic heterocycles. The molecule has 10 nitrogen and oxygen atoms in total. The topological polar surface area (TPSA) is 133 Å². The summed E-state index contributed by atoms with van der Waals surface area (Å²) in [6.45, 7) is 5.73. The van der Waals surface area contributed by atoms with Crippen molar-refractivity contribution in [1.29, 1.82) is 0 Å². The summed E-state index contributed by atoms with van der Waals surface area (Å²) in [6.07, 6.45) is 4.74. The molecule has 194 valence electrons. The van der Waals surface area contributed by atoms with Crippen LogP contribution in [0.3, 0.4) is 0 Å². The number of hydrogen-bond acceptors (Lipinski definition) is 8. The number of anilines is 2. The number of nitrogen functional groups attached to an aromatic ring is 1. The molecule has 11 heteroatoms. The van der Waals surface area contributed by atoms with Crippen molar-refractivity contribution in [3.05, 3.63) is 41.2 Å². The number of pyridine rings is 1. The Kier molecular flexibility index (Phi) is 6.82. The van der Waals surface area contributed by atoms with Crippen LogP contribution in [-0.2, 0) is 9.59 Å². The van der Waals surface area contributed by atoms with Crippen LogP contribution in [-0.4, -0.2) is 69.0 Å². The van der Waals surface area contributed by atoms with Gasteiger partial charge in [0.25, 0.3) is 0 Å². The number of hydrogen-bond donors (Lipinski definition) is 3. The quantitative estimate of drug-likeness (QED) is 0.341. The summed E-state index contributed by atoms with van der Waals surface area (Å²) >= 11 is 1.71. The summed E-state index contributed by atoms with van der Waals surface area (Å²) in [6, 6.07) is 6.04. The van der Waals surface area contributed by atoms with E-state index in [0.29, 0.717) is 40.8 Å². The van der Waals surface area contributed by atoms with Crippen LogP contribution in [0.4, 0.5) is 11.5 Å². The number of rotatable bonds is 5. The molecule has 1 saturated heterocycles.